The van der Waals surface area contributed by atoms with Crippen molar-refractivity contribution in [1.82, 2.24) is 19.7 Å². The van der Waals surface area contributed by atoms with Crippen molar-refractivity contribution in [1.29, 1.82) is 0 Å². The van der Waals surface area contributed by atoms with Gasteiger partial charge in [-0.25, -0.2) is 22.5 Å². The molecule has 3 aromatic heterocycles. The number of rotatable bonds is 9. The number of ether oxygens (including phenoxy) is 2. The third kappa shape index (κ3) is 5.65. The Morgan fingerprint density at radius 2 is 1.86 bits per heavy atom. The molecule has 0 saturated carbocycles. The molecule has 0 aliphatic rings. The first kappa shape index (κ1) is 28.3. The van der Waals surface area contributed by atoms with Crippen molar-refractivity contribution >= 4 is 44.2 Å². The van der Waals surface area contributed by atoms with E-state index in [2.05, 4.69) is 24.5 Å². The van der Waals surface area contributed by atoms with Crippen molar-refractivity contribution < 1.29 is 31.9 Å². The number of pyridine rings is 1. The van der Waals surface area contributed by atoms with Crippen molar-refractivity contribution in [3.63, 3.8) is 0 Å². The van der Waals surface area contributed by atoms with Gasteiger partial charge in [0.05, 0.1) is 42.1 Å². The van der Waals surface area contributed by atoms with Gasteiger partial charge in [0.1, 0.15) is 5.82 Å². The SMILES string of the molecule is COC(=O)CS(=O)(=O)Nc1cc2[nH]c(C(=O)c3cnn(-c4cnc(Oc5ccccc5F)cc4C)c3N)cc2cc1C. The smallest absolute Gasteiger partial charge is 0.322 e. The molecule has 0 unspecified atom stereocenters. The number of nitrogens with one attached hydrogen (secondary N) is 2. The van der Waals surface area contributed by atoms with Crippen molar-refractivity contribution in [2.24, 2.45) is 0 Å². The highest BCUT2D eigenvalue weighted by Gasteiger charge is 2.22. The Hall–Kier alpha value is -5.24. The molecule has 5 rings (SSSR count). The zero-order chi connectivity index (χ0) is 30.2. The number of methoxy groups -OCH3 is 1. The van der Waals surface area contributed by atoms with Gasteiger partial charge in [-0.2, -0.15) is 5.10 Å². The lowest BCUT2D eigenvalue weighted by Crippen LogP contribution is -2.24. The van der Waals surface area contributed by atoms with Crippen LogP contribution in [0.25, 0.3) is 16.6 Å². The molecule has 0 radical (unpaired) electrons. The number of H-pyrrole nitrogens is 1. The predicted molar refractivity (Wildman–Crippen MR) is 153 cm³/mol. The van der Waals surface area contributed by atoms with Crippen molar-refractivity contribution in [2.45, 2.75) is 13.8 Å². The number of para-hydroxylation sites is 1. The molecule has 14 heteroatoms. The Morgan fingerprint density at radius 1 is 1.10 bits per heavy atom. The summed E-state index contributed by atoms with van der Waals surface area (Å²) in [6, 6.07) is 12.4. The summed E-state index contributed by atoms with van der Waals surface area (Å²) in [4.78, 5) is 32.1. The number of nitrogens with zero attached hydrogens (tertiary/aromatic N) is 3. The fraction of sp³-hybridized carbons (Fsp3) is 0.143. The van der Waals surface area contributed by atoms with E-state index < -0.39 is 33.3 Å². The maximum Gasteiger partial charge on any atom is 0.322 e. The average Bonchev–Trinajstić information content (AvgIpc) is 3.52. The molecule has 3 heterocycles. The van der Waals surface area contributed by atoms with E-state index in [0.29, 0.717) is 27.7 Å². The highest BCUT2D eigenvalue weighted by Crippen LogP contribution is 2.29. The highest BCUT2D eigenvalue weighted by molar-refractivity contribution is 7.93. The van der Waals surface area contributed by atoms with E-state index >= 15 is 0 Å². The third-order valence-electron chi connectivity index (χ3n) is 6.40. The normalized spacial score (nSPS) is 11.4. The van der Waals surface area contributed by atoms with Crippen molar-refractivity contribution in [2.75, 3.05) is 23.3 Å². The quantitative estimate of drug-likeness (QED) is 0.169. The van der Waals surface area contributed by atoms with E-state index in [1.807, 2.05) is 0 Å². The summed E-state index contributed by atoms with van der Waals surface area (Å²) in [7, 11) is -2.91. The van der Waals surface area contributed by atoms with Gasteiger partial charge < -0.3 is 20.2 Å². The number of aromatic nitrogens is 4. The molecule has 0 fully saturated rings. The van der Waals surface area contributed by atoms with Gasteiger partial charge in [0.15, 0.2) is 17.3 Å². The summed E-state index contributed by atoms with van der Waals surface area (Å²) >= 11 is 0. The van der Waals surface area contributed by atoms with Crippen LogP contribution in [0.4, 0.5) is 15.9 Å². The zero-order valence-electron chi connectivity index (χ0n) is 22.6. The average molecular weight is 593 g/mol. The Morgan fingerprint density at radius 3 is 2.57 bits per heavy atom. The number of fused-ring (bicyclic) bond motifs is 1. The lowest BCUT2D eigenvalue weighted by molar-refractivity contribution is -0.137. The number of aromatic amines is 1. The highest BCUT2D eigenvalue weighted by atomic mass is 32.2. The van der Waals surface area contributed by atoms with Gasteiger partial charge in [0.2, 0.25) is 21.7 Å². The maximum absolute atomic E-state index is 14.0. The standard InChI is InChI=1S/C28H25FN6O6S/c1-15-8-17-10-22(33-21(17)11-20(15)34-42(38,39)14-26(36)40-3)27(37)18-12-32-35(28(18)30)23-13-31-25(9-16(23)2)41-24-7-5-4-6-19(24)29/h4-13,33-34H,14,30H2,1-3H3. The minimum absolute atomic E-state index is 0.0304. The topological polar surface area (TPSA) is 171 Å². The van der Waals surface area contributed by atoms with Gasteiger partial charge >= 0.3 is 5.97 Å². The summed E-state index contributed by atoms with van der Waals surface area (Å²) in [6.45, 7) is 3.46. The van der Waals surface area contributed by atoms with Crippen LogP contribution in [0.1, 0.15) is 27.2 Å². The summed E-state index contributed by atoms with van der Waals surface area (Å²) in [6.07, 6.45) is 2.79. The molecule has 12 nitrogen and oxygen atoms in total. The number of carbonyl (C=O) groups excluding carboxylic acids is 2. The molecular weight excluding hydrogens is 567 g/mol. The first-order valence-electron chi connectivity index (χ1n) is 12.4. The van der Waals surface area contributed by atoms with Gasteiger partial charge in [-0.15, -0.1) is 0 Å². The number of halogens is 1. The van der Waals surface area contributed by atoms with E-state index in [4.69, 9.17) is 10.5 Å². The molecular formula is C28H25FN6O6S. The molecule has 0 amide bonds. The number of hydrogen-bond donors (Lipinski definition) is 3. The fourth-order valence-electron chi connectivity index (χ4n) is 4.26. The first-order valence-corrected chi connectivity index (χ1v) is 14.1. The second-order valence-corrected chi connectivity index (χ2v) is 11.1. The van der Waals surface area contributed by atoms with Gasteiger partial charge in [-0.3, -0.25) is 14.3 Å². The lowest BCUT2D eigenvalue weighted by atomic mass is 10.1. The second kappa shape index (κ2) is 11.0. The summed E-state index contributed by atoms with van der Waals surface area (Å²) < 4.78 is 52.3. The summed E-state index contributed by atoms with van der Waals surface area (Å²) in [5, 5.41) is 4.93. The molecule has 2 aromatic carbocycles. The Labute approximate surface area is 239 Å². The number of anilines is 2. The van der Waals surface area contributed by atoms with Crippen molar-refractivity contribution in [3.05, 3.63) is 89.1 Å². The number of benzene rings is 2. The number of nitrogen functional groups attached to an aromatic ring is 1. The molecule has 216 valence electrons. The molecule has 0 aliphatic carbocycles. The van der Waals surface area contributed by atoms with Crippen LogP contribution in [0.2, 0.25) is 0 Å². The minimum Gasteiger partial charge on any atom is -0.468 e. The summed E-state index contributed by atoms with van der Waals surface area (Å²) in [5.41, 5.74) is 9.11. The maximum atomic E-state index is 14.0. The van der Waals surface area contributed by atoms with E-state index in [-0.39, 0.29) is 34.4 Å². The van der Waals surface area contributed by atoms with Gasteiger partial charge in [0, 0.05) is 17.0 Å². The monoisotopic (exact) mass is 592 g/mol. The molecule has 0 aliphatic heterocycles. The van der Waals surface area contributed by atoms with Crippen molar-refractivity contribution in [3.8, 4) is 17.3 Å². The Bertz CT molecular complexity index is 1970. The number of esters is 1. The summed E-state index contributed by atoms with van der Waals surface area (Å²) in [5.74, 6) is -2.43. The van der Waals surface area contributed by atoms with E-state index in [1.54, 1.807) is 44.2 Å². The van der Waals surface area contributed by atoms with E-state index in [0.717, 1.165) is 7.11 Å². The second-order valence-electron chi connectivity index (χ2n) is 9.40. The van der Waals surface area contributed by atoms with Gasteiger partial charge in [-0.1, -0.05) is 12.1 Å². The van der Waals surface area contributed by atoms with E-state index in [9.17, 15) is 22.4 Å². The number of hydrogen-bond acceptors (Lipinski definition) is 9. The fourth-order valence-corrected chi connectivity index (χ4v) is 5.31. The number of aryl methyl sites for hydroxylation is 2. The van der Waals surface area contributed by atoms with Crippen LogP contribution >= 0.6 is 0 Å². The zero-order valence-corrected chi connectivity index (χ0v) is 23.5. The molecule has 4 N–H and O–H groups in total. The Balaban J connectivity index is 1.39. The molecule has 0 spiro atoms. The van der Waals surface area contributed by atoms with Crippen LogP contribution in [0.5, 0.6) is 11.6 Å². The molecule has 0 saturated heterocycles. The number of ketones is 1. The first-order chi connectivity index (χ1) is 20.0. The molecule has 42 heavy (non-hydrogen) atoms. The van der Waals surface area contributed by atoms with Gasteiger partial charge in [0.25, 0.3) is 0 Å². The van der Waals surface area contributed by atoms with E-state index in [1.165, 1.54) is 35.3 Å². The van der Waals surface area contributed by atoms with Crippen LogP contribution in [-0.2, 0) is 19.6 Å². The number of sulfonamides is 1. The minimum atomic E-state index is -4.01. The largest absolute Gasteiger partial charge is 0.468 e. The third-order valence-corrected chi connectivity index (χ3v) is 7.55. The van der Waals surface area contributed by atoms with Crippen LogP contribution < -0.4 is 15.2 Å². The van der Waals surface area contributed by atoms with Gasteiger partial charge in [-0.05, 0) is 55.3 Å². The Kier molecular flexibility index (Phi) is 7.39. The lowest BCUT2D eigenvalue weighted by Gasteiger charge is -2.11. The number of nitrogens with two attached hydrogens (primary N) is 1. The molecule has 0 atom stereocenters. The van der Waals surface area contributed by atoms with Crippen LogP contribution in [0.15, 0.2) is 60.9 Å². The predicted octanol–water partition coefficient (Wildman–Crippen LogP) is 4.02. The molecule has 0 bridgehead atoms. The van der Waals surface area contributed by atoms with Crippen LogP contribution in [-0.4, -0.2) is 52.8 Å². The van der Waals surface area contributed by atoms with Crippen LogP contribution in [0, 0.1) is 19.7 Å². The number of carbonyl (C=O) groups is 2. The molecule has 5 aromatic rings. The van der Waals surface area contributed by atoms with Crippen LogP contribution in [0.3, 0.4) is 0 Å².